The maximum absolute atomic E-state index is 13.0. The van der Waals surface area contributed by atoms with Crippen LogP contribution >= 0.6 is 12.4 Å². The van der Waals surface area contributed by atoms with Gasteiger partial charge in [0.25, 0.3) is 0 Å². The third-order valence-corrected chi connectivity index (χ3v) is 2.84. The molecule has 1 aliphatic rings. The van der Waals surface area contributed by atoms with Gasteiger partial charge in [-0.25, -0.2) is 14.2 Å². The predicted octanol–water partition coefficient (Wildman–Crippen LogP) is 0.928. The van der Waals surface area contributed by atoms with Gasteiger partial charge in [0.1, 0.15) is 6.17 Å². The van der Waals surface area contributed by atoms with Gasteiger partial charge in [-0.1, -0.05) is 0 Å². The molecular weight excluding hydrogens is 289 g/mol. The fourth-order valence-electron chi connectivity index (χ4n) is 1.88. The number of pyridine rings is 1. The van der Waals surface area contributed by atoms with Crippen molar-refractivity contribution in [3.05, 3.63) is 24.0 Å². The summed E-state index contributed by atoms with van der Waals surface area (Å²) in [6, 6.07) is 2.53. The third-order valence-electron chi connectivity index (χ3n) is 2.84. The Kier molecular flexibility index (Phi) is 5.84. The van der Waals surface area contributed by atoms with Gasteiger partial charge in [-0.15, -0.1) is 12.4 Å². The van der Waals surface area contributed by atoms with Crippen LogP contribution in [0, 0.1) is 0 Å². The Hall–Kier alpha value is -1.73. The number of methoxy groups -OCH3 is 1. The second kappa shape index (κ2) is 7.16. The van der Waals surface area contributed by atoms with Crippen LogP contribution in [0.1, 0.15) is 16.9 Å². The predicted molar refractivity (Wildman–Crippen MR) is 72.8 cm³/mol. The summed E-state index contributed by atoms with van der Waals surface area (Å²) in [6.07, 6.45) is 0.525. The first-order valence-electron chi connectivity index (χ1n) is 5.83. The number of halogens is 2. The topological polar surface area (TPSA) is 80.3 Å². The van der Waals surface area contributed by atoms with Crippen molar-refractivity contribution in [1.82, 2.24) is 10.3 Å². The molecule has 1 saturated heterocycles. The van der Waals surface area contributed by atoms with Gasteiger partial charge in [0.15, 0.2) is 5.69 Å². The second-order valence-corrected chi connectivity index (χ2v) is 4.17. The summed E-state index contributed by atoms with van der Waals surface area (Å²) in [4.78, 5) is 27.2. The molecule has 20 heavy (non-hydrogen) atoms. The number of amides is 1. The Morgan fingerprint density at radius 2 is 2.30 bits per heavy atom. The first kappa shape index (κ1) is 16.3. The van der Waals surface area contributed by atoms with Crippen molar-refractivity contribution in [3.8, 4) is 0 Å². The molecule has 2 N–H and O–H groups in total. The molecule has 0 aromatic carbocycles. The van der Waals surface area contributed by atoms with Crippen LogP contribution in [0.15, 0.2) is 18.3 Å². The van der Waals surface area contributed by atoms with E-state index >= 15 is 0 Å². The summed E-state index contributed by atoms with van der Waals surface area (Å²) < 4.78 is 17.6. The molecule has 2 atom stereocenters. The van der Waals surface area contributed by atoms with Gasteiger partial charge in [-0.3, -0.25) is 4.79 Å². The van der Waals surface area contributed by atoms with Crippen LogP contribution in [-0.2, 0) is 9.53 Å². The van der Waals surface area contributed by atoms with Crippen LogP contribution in [0.25, 0.3) is 0 Å². The van der Waals surface area contributed by atoms with Crippen LogP contribution < -0.4 is 10.6 Å². The molecular formula is C12H15ClFN3O3. The fourth-order valence-corrected chi connectivity index (χ4v) is 1.88. The van der Waals surface area contributed by atoms with Crippen molar-refractivity contribution in [1.29, 1.82) is 0 Å². The van der Waals surface area contributed by atoms with E-state index in [0.717, 1.165) is 0 Å². The van der Waals surface area contributed by atoms with E-state index in [0.29, 0.717) is 0 Å². The minimum atomic E-state index is -1.02. The number of rotatable bonds is 3. The number of alkyl halides is 1. The van der Waals surface area contributed by atoms with Crippen molar-refractivity contribution >= 4 is 30.0 Å². The number of ether oxygens (including phenoxy) is 1. The van der Waals surface area contributed by atoms with Gasteiger partial charge < -0.3 is 15.4 Å². The fraction of sp³-hybridized carbons (Fsp3) is 0.417. The molecule has 6 nitrogen and oxygen atoms in total. The largest absolute Gasteiger partial charge is 0.464 e. The van der Waals surface area contributed by atoms with E-state index in [4.69, 9.17) is 0 Å². The van der Waals surface area contributed by atoms with Crippen molar-refractivity contribution in [2.45, 2.75) is 18.6 Å². The zero-order valence-electron chi connectivity index (χ0n) is 10.8. The number of esters is 1. The zero-order chi connectivity index (χ0) is 13.8. The summed E-state index contributed by atoms with van der Waals surface area (Å²) in [5.74, 6) is -1.03. The van der Waals surface area contributed by atoms with E-state index in [1.807, 2.05) is 0 Å². The van der Waals surface area contributed by atoms with Crippen molar-refractivity contribution in [2.75, 3.05) is 19.0 Å². The number of nitrogens with zero attached hydrogens (tertiary/aromatic N) is 1. The lowest BCUT2D eigenvalue weighted by Gasteiger charge is -2.12. The van der Waals surface area contributed by atoms with Crippen molar-refractivity contribution in [2.24, 2.45) is 0 Å². The lowest BCUT2D eigenvalue weighted by molar-refractivity contribution is -0.117. The number of aromatic nitrogens is 1. The minimum absolute atomic E-state index is 0. The quantitative estimate of drug-likeness (QED) is 0.812. The molecule has 2 heterocycles. The molecule has 1 aromatic heterocycles. The molecule has 0 bridgehead atoms. The van der Waals surface area contributed by atoms with E-state index in [-0.39, 0.29) is 36.8 Å². The van der Waals surface area contributed by atoms with Crippen LogP contribution in [-0.4, -0.2) is 42.7 Å². The summed E-state index contributed by atoms with van der Waals surface area (Å²) in [7, 11) is 1.23. The van der Waals surface area contributed by atoms with Gasteiger partial charge in [0, 0.05) is 19.2 Å². The molecule has 110 valence electrons. The van der Waals surface area contributed by atoms with E-state index in [2.05, 4.69) is 20.4 Å². The monoisotopic (exact) mass is 303 g/mol. The van der Waals surface area contributed by atoms with E-state index in [1.165, 1.54) is 13.3 Å². The van der Waals surface area contributed by atoms with E-state index in [9.17, 15) is 14.0 Å². The molecule has 1 aliphatic heterocycles. The molecule has 0 spiro atoms. The van der Waals surface area contributed by atoms with Gasteiger partial charge in [0.2, 0.25) is 5.91 Å². The van der Waals surface area contributed by atoms with E-state index in [1.54, 1.807) is 12.1 Å². The van der Waals surface area contributed by atoms with Crippen molar-refractivity contribution < 1.29 is 18.7 Å². The highest BCUT2D eigenvalue weighted by molar-refractivity contribution is 6.01. The number of anilines is 1. The normalized spacial score (nSPS) is 20.9. The van der Waals surface area contributed by atoms with Crippen LogP contribution in [0.3, 0.4) is 0 Å². The maximum Gasteiger partial charge on any atom is 0.358 e. The number of carbonyl (C=O) groups is 2. The third kappa shape index (κ3) is 3.64. The molecule has 2 rings (SSSR count). The van der Waals surface area contributed by atoms with Crippen LogP contribution in [0.4, 0.5) is 10.1 Å². The Morgan fingerprint density at radius 3 is 2.90 bits per heavy atom. The Balaban J connectivity index is 0.00000200. The number of hydrogen-bond donors (Lipinski definition) is 2. The first-order chi connectivity index (χ1) is 9.11. The Bertz CT molecular complexity index is 501. The average Bonchev–Trinajstić information content (AvgIpc) is 2.85. The lowest BCUT2D eigenvalue weighted by Crippen LogP contribution is -2.36. The highest BCUT2D eigenvalue weighted by Gasteiger charge is 2.29. The maximum atomic E-state index is 13.0. The molecule has 0 unspecified atom stereocenters. The molecule has 0 aliphatic carbocycles. The number of hydrogen-bond acceptors (Lipinski definition) is 5. The first-order valence-corrected chi connectivity index (χ1v) is 5.83. The summed E-state index contributed by atoms with van der Waals surface area (Å²) >= 11 is 0. The summed E-state index contributed by atoms with van der Waals surface area (Å²) in [5, 5.41) is 5.32. The molecule has 0 radical (unpaired) electrons. The summed E-state index contributed by atoms with van der Waals surface area (Å²) in [6.45, 7) is 0.162. The minimum Gasteiger partial charge on any atom is -0.464 e. The molecule has 8 heteroatoms. The molecule has 1 amide bonds. The number of carbonyl (C=O) groups excluding carboxylic acids is 2. The van der Waals surface area contributed by atoms with E-state index < -0.39 is 24.1 Å². The number of nitrogens with one attached hydrogen (secondary N) is 2. The molecule has 1 fully saturated rings. The lowest BCUT2D eigenvalue weighted by atomic mass is 10.2. The van der Waals surface area contributed by atoms with Gasteiger partial charge in [-0.05, 0) is 12.1 Å². The highest BCUT2D eigenvalue weighted by atomic mass is 35.5. The summed E-state index contributed by atoms with van der Waals surface area (Å²) in [5.41, 5.74) is 0.275. The Labute approximate surface area is 121 Å². The van der Waals surface area contributed by atoms with Gasteiger partial charge in [0.05, 0.1) is 18.8 Å². The SMILES string of the molecule is COC(=O)c1ncccc1NC(=O)[C@@H]1C[C@@H](F)CN1.Cl. The molecule has 0 saturated carbocycles. The van der Waals surface area contributed by atoms with Crippen LogP contribution in [0.2, 0.25) is 0 Å². The van der Waals surface area contributed by atoms with Crippen molar-refractivity contribution in [3.63, 3.8) is 0 Å². The standard InChI is InChI=1S/C12H14FN3O3.ClH/c1-19-12(18)10-8(3-2-4-14-10)16-11(17)9-5-7(13)6-15-9;/h2-4,7,9,15H,5-6H2,1H3,(H,16,17);1H/t7-,9+;/m1./s1. The second-order valence-electron chi connectivity index (χ2n) is 4.17. The van der Waals surface area contributed by atoms with Crippen LogP contribution in [0.5, 0.6) is 0 Å². The highest BCUT2D eigenvalue weighted by Crippen LogP contribution is 2.16. The van der Waals surface area contributed by atoms with Gasteiger partial charge in [-0.2, -0.15) is 0 Å². The average molecular weight is 304 g/mol. The smallest absolute Gasteiger partial charge is 0.358 e. The Morgan fingerprint density at radius 1 is 1.55 bits per heavy atom. The van der Waals surface area contributed by atoms with Gasteiger partial charge >= 0.3 is 5.97 Å². The molecule has 1 aromatic rings. The zero-order valence-corrected chi connectivity index (χ0v) is 11.6.